The molecule has 0 atom stereocenters. The highest BCUT2D eigenvalue weighted by molar-refractivity contribution is 7.91. The molecule has 0 radical (unpaired) electrons. The zero-order valence-corrected chi connectivity index (χ0v) is 18.7. The van der Waals surface area contributed by atoms with E-state index in [0.29, 0.717) is 5.69 Å². The number of sulfone groups is 1. The standard InChI is InChI=1S/C23H32FN3O2S/c1-3-13-27(14-4-2)22-18-20(26-15-6-11-25-12-16-26)9-10-23(22)30(28,29)21-8-5-7-19(24)17-21/h5,7-10,17-18,25H,3-4,6,11-16H2,1-2H3. The van der Waals surface area contributed by atoms with Crippen LogP contribution in [0.25, 0.3) is 0 Å². The lowest BCUT2D eigenvalue weighted by Gasteiger charge is -2.29. The van der Waals surface area contributed by atoms with Crippen molar-refractivity contribution in [2.75, 3.05) is 49.1 Å². The van der Waals surface area contributed by atoms with Gasteiger partial charge in [0.2, 0.25) is 9.84 Å². The summed E-state index contributed by atoms with van der Waals surface area (Å²) in [7, 11) is -3.84. The first-order valence-corrected chi connectivity index (χ1v) is 12.3. The van der Waals surface area contributed by atoms with Crippen molar-refractivity contribution in [2.24, 2.45) is 0 Å². The Bertz CT molecular complexity index is 935. The molecule has 3 rings (SSSR count). The predicted octanol–water partition coefficient (Wildman–Crippen LogP) is 4.08. The maximum Gasteiger partial charge on any atom is 0.208 e. The van der Waals surface area contributed by atoms with Gasteiger partial charge in [-0.15, -0.1) is 0 Å². The van der Waals surface area contributed by atoms with E-state index in [-0.39, 0.29) is 9.79 Å². The highest BCUT2D eigenvalue weighted by Gasteiger charge is 2.25. The lowest BCUT2D eigenvalue weighted by Crippen LogP contribution is -2.30. The molecular weight excluding hydrogens is 401 g/mol. The van der Waals surface area contributed by atoms with Crippen molar-refractivity contribution in [3.63, 3.8) is 0 Å². The fourth-order valence-electron chi connectivity index (χ4n) is 3.93. The Kier molecular flexibility index (Phi) is 7.72. The van der Waals surface area contributed by atoms with Gasteiger partial charge in [0.05, 0.1) is 15.5 Å². The summed E-state index contributed by atoms with van der Waals surface area (Å²) in [5.74, 6) is -0.551. The first kappa shape index (κ1) is 22.6. The molecule has 0 spiro atoms. The Labute approximate surface area is 179 Å². The Hall–Kier alpha value is -2.12. The Morgan fingerprint density at radius 3 is 2.50 bits per heavy atom. The molecule has 2 aromatic rings. The van der Waals surface area contributed by atoms with Crippen molar-refractivity contribution in [2.45, 2.75) is 42.9 Å². The minimum atomic E-state index is -3.84. The third-order valence-corrected chi connectivity index (χ3v) is 7.17. The van der Waals surface area contributed by atoms with E-state index in [2.05, 4.69) is 29.0 Å². The van der Waals surface area contributed by atoms with Crippen LogP contribution in [0.15, 0.2) is 52.3 Å². The number of nitrogens with one attached hydrogen (secondary N) is 1. The minimum absolute atomic E-state index is 0.0107. The average molecular weight is 434 g/mol. The van der Waals surface area contributed by atoms with Crippen LogP contribution in [0.1, 0.15) is 33.1 Å². The molecule has 1 fully saturated rings. The summed E-state index contributed by atoms with van der Waals surface area (Å²) in [5, 5.41) is 3.40. The van der Waals surface area contributed by atoms with Crippen molar-refractivity contribution in [3.05, 3.63) is 48.3 Å². The summed E-state index contributed by atoms with van der Waals surface area (Å²) in [6.45, 7) is 9.44. The van der Waals surface area contributed by atoms with E-state index in [9.17, 15) is 12.8 Å². The molecule has 0 aliphatic carbocycles. The van der Waals surface area contributed by atoms with Gasteiger partial charge in [-0.05, 0) is 62.2 Å². The molecule has 1 aliphatic rings. The van der Waals surface area contributed by atoms with Gasteiger partial charge in [0.15, 0.2) is 0 Å². The molecular formula is C23H32FN3O2S. The van der Waals surface area contributed by atoms with Gasteiger partial charge in [0.25, 0.3) is 0 Å². The second-order valence-corrected chi connectivity index (χ2v) is 9.61. The number of anilines is 2. The first-order chi connectivity index (χ1) is 14.5. The van der Waals surface area contributed by atoms with Crippen LogP contribution in [0.2, 0.25) is 0 Å². The van der Waals surface area contributed by atoms with Gasteiger partial charge < -0.3 is 15.1 Å². The van der Waals surface area contributed by atoms with Crippen LogP contribution in [0.4, 0.5) is 15.8 Å². The van der Waals surface area contributed by atoms with Gasteiger partial charge in [0, 0.05) is 38.4 Å². The van der Waals surface area contributed by atoms with E-state index in [1.54, 1.807) is 6.07 Å². The largest absolute Gasteiger partial charge is 0.370 e. The van der Waals surface area contributed by atoms with Crippen molar-refractivity contribution in [1.82, 2.24) is 5.32 Å². The molecule has 0 unspecified atom stereocenters. The Morgan fingerprint density at radius 2 is 1.80 bits per heavy atom. The maximum atomic E-state index is 13.8. The van der Waals surface area contributed by atoms with Gasteiger partial charge in [-0.1, -0.05) is 19.9 Å². The summed E-state index contributed by atoms with van der Waals surface area (Å²) in [4.78, 5) is 4.68. The summed E-state index contributed by atoms with van der Waals surface area (Å²) in [5.41, 5.74) is 1.74. The maximum absolute atomic E-state index is 13.8. The highest BCUT2D eigenvalue weighted by Crippen LogP contribution is 2.34. The van der Waals surface area contributed by atoms with E-state index in [1.165, 1.54) is 18.2 Å². The molecule has 30 heavy (non-hydrogen) atoms. The van der Waals surface area contributed by atoms with E-state index < -0.39 is 15.7 Å². The Balaban J connectivity index is 2.11. The smallest absolute Gasteiger partial charge is 0.208 e. The van der Waals surface area contributed by atoms with Crippen LogP contribution >= 0.6 is 0 Å². The lowest BCUT2D eigenvalue weighted by molar-refractivity contribution is 0.590. The zero-order valence-electron chi connectivity index (χ0n) is 17.9. The monoisotopic (exact) mass is 433 g/mol. The van der Waals surface area contributed by atoms with Crippen molar-refractivity contribution < 1.29 is 12.8 Å². The fourth-order valence-corrected chi connectivity index (χ4v) is 5.42. The topological polar surface area (TPSA) is 52.6 Å². The van der Waals surface area contributed by atoms with Gasteiger partial charge in [-0.25, -0.2) is 12.8 Å². The number of benzene rings is 2. The SMILES string of the molecule is CCCN(CCC)c1cc(N2CCCNCC2)ccc1S(=O)(=O)c1cccc(F)c1. The number of rotatable bonds is 8. The van der Waals surface area contributed by atoms with Crippen LogP contribution in [-0.4, -0.2) is 47.7 Å². The van der Waals surface area contributed by atoms with E-state index in [4.69, 9.17) is 0 Å². The van der Waals surface area contributed by atoms with Crippen LogP contribution < -0.4 is 15.1 Å². The number of nitrogens with zero attached hydrogens (tertiary/aromatic N) is 2. The second-order valence-electron chi connectivity index (χ2n) is 7.69. The first-order valence-electron chi connectivity index (χ1n) is 10.8. The van der Waals surface area contributed by atoms with Gasteiger partial charge in [-0.3, -0.25) is 0 Å². The molecule has 1 N–H and O–H groups in total. The molecule has 0 bridgehead atoms. The van der Waals surface area contributed by atoms with Gasteiger partial charge in [0.1, 0.15) is 5.82 Å². The summed E-state index contributed by atoms with van der Waals surface area (Å²) in [6, 6.07) is 10.8. The number of hydrogen-bond acceptors (Lipinski definition) is 5. The predicted molar refractivity (Wildman–Crippen MR) is 121 cm³/mol. The van der Waals surface area contributed by atoms with Crippen LogP contribution in [-0.2, 0) is 9.84 Å². The molecule has 1 saturated heterocycles. The quantitative estimate of drug-likeness (QED) is 0.680. The van der Waals surface area contributed by atoms with E-state index in [1.807, 2.05) is 12.1 Å². The third-order valence-electron chi connectivity index (χ3n) is 5.37. The fraction of sp³-hybridized carbons (Fsp3) is 0.478. The molecule has 1 aliphatic heterocycles. The van der Waals surface area contributed by atoms with Crippen molar-refractivity contribution in [1.29, 1.82) is 0 Å². The summed E-state index contributed by atoms with van der Waals surface area (Å²) >= 11 is 0. The summed E-state index contributed by atoms with van der Waals surface area (Å²) in [6.07, 6.45) is 2.88. The second kappa shape index (κ2) is 10.3. The van der Waals surface area contributed by atoms with Crippen molar-refractivity contribution in [3.8, 4) is 0 Å². The highest BCUT2D eigenvalue weighted by atomic mass is 32.2. The molecule has 1 heterocycles. The molecule has 2 aromatic carbocycles. The molecule has 5 nitrogen and oxygen atoms in total. The van der Waals surface area contributed by atoms with Crippen LogP contribution in [0.5, 0.6) is 0 Å². The normalized spacial score (nSPS) is 15.1. The van der Waals surface area contributed by atoms with Crippen LogP contribution in [0.3, 0.4) is 0 Å². The van der Waals surface area contributed by atoms with E-state index in [0.717, 1.165) is 70.3 Å². The molecule has 0 aromatic heterocycles. The Morgan fingerprint density at radius 1 is 1.03 bits per heavy atom. The van der Waals surface area contributed by atoms with Gasteiger partial charge in [-0.2, -0.15) is 0 Å². The number of hydrogen-bond donors (Lipinski definition) is 1. The average Bonchev–Trinajstić information content (AvgIpc) is 3.03. The molecule has 164 valence electrons. The zero-order chi connectivity index (χ0) is 21.6. The van der Waals surface area contributed by atoms with Gasteiger partial charge >= 0.3 is 0 Å². The minimum Gasteiger partial charge on any atom is -0.370 e. The van der Waals surface area contributed by atoms with E-state index >= 15 is 0 Å². The number of halogens is 1. The molecule has 0 saturated carbocycles. The van der Waals surface area contributed by atoms with Crippen molar-refractivity contribution >= 4 is 21.2 Å². The molecule has 7 heteroatoms. The summed E-state index contributed by atoms with van der Waals surface area (Å²) < 4.78 is 40.7. The third kappa shape index (κ3) is 5.13. The lowest BCUT2D eigenvalue weighted by atomic mass is 10.2. The molecule has 0 amide bonds. The van der Waals surface area contributed by atoms with Crippen LogP contribution in [0, 0.1) is 5.82 Å².